The van der Waals surface area contributed by atoms with Gasteiger partial charge < -0.3 is 19.3 Å². The normalized spacial score (nSPS) is 24.5. The summed E-state index contributed by atoms with van der Waals surface area (Å²) < 4.78 is 10.6. The Labute approximate surface area is 128 Å². The molecule has 0 radical (unpaired) electrons. The lowest BCUT2D eigenvalue weighted by Gasteiger charge is -2.36. The van der Waals surface area contributed by atoms with Gasteiger partial charge >= 0.3 is 0 Å². The Hall–Kier alpha value is -2.06. The van der Waals surface area contributed by atoms with Crippen LogP contribution in [0.2, 0.25) is 0 Å². The number of methoxy groups -OCH3 is 1. The minimum absolute atomic E-state index is 0.0503. The molecule has 0 saturated carbocycles. The van der Waals surface area contributed by atoms with Crippen LogP contribution in [0.5, 0.6) is 0 Å². The summed E-state index contributed by atoms with van der Waals surface area (Å²) in [6, 6.07) is 1.53. The average molecular weight is 306 g/mol. The van der Waals surface area contributed by atoms with Crippen molar-refractivity contribution in [2.45, 2.75) is 12.1 Å². The van der Waals surface area contributed by atoms with Crippen LogP contribution >= 0.6 is 0 Å². The molecular weight excluding hydrogens is 288 g/mol. The molecule has 22 heavy (non-hydrogen) atoms. The molecule has 8 nitrogen and oxygen atoms in total. The maximum absolute atomic E-state index is 12.4. The van der Waals surface area contributed by atoms with Gasteiger partial charge in [0, 0.05) is 39.1 Å². The molecule has 0 unspecified atom stereocenters. The van der Waals surface area contributed by atoms with E-state index in [-0.39, 0.29) is 36.4 Å². The van der Waals surface area contributed by atoms with Crippen LogP contribution in [0, 0.1) is 0 Å². The molecule has 3 heterocycles. The van der Waals surface area contributed by atoms with E-state index in [1.54, 1.807) is 23.0 Å². The first kappa shape index (κ1) is 14.9. The van der Waals surface area contributed by atoms with Crippen molar-refractivity contribution < 1.29 is 19.1 Å². The number of aromatic nitrogens is 2. The molecule has 0 aromatic carbocycles. The van der Waals surface area contributed by atoms with Crippen molar-refractivity contribution in [3.8, 4) is 0 Å². The van der Waals surface area contributed by atoms with Crippen molar-refractivity contribution in [3.05, 3.63) is 24.3 Å². The third kappa shape index (κ3) is 2.79. The van der Waals surface area contributed by atoms with E-state index in [9.17, 15) is 9.59 Å². The van der Waals surface area contributed by atoms with Gasteiger partial charge in [-0.2, -0.15) is 0 Å². The maximum Gasteiger partial charge on any atom is 0.291 e. The largest absolute Gasteiger partial charge is 0.383 e. The summed E-state index contributed by atoms with van der Waals surface area (Å²) in [7, 11) is 1.60. The van der Waals surface area contributed by atoms with E-state index in [0.717, 1.165) is 0 Å². The van der Waals surface area contributed by atoms with E-state index in [1.165, 1.54) is 12.4 Å². The number of hydrogen-bond donors (Lipinski definition) is 0. The molecule has 2 fully saturated rings. The lowest BCUT2D eigenvalue weighted by Crippen LogP contribution is -2.54. The van der Waals surface area contributed by atoms with Crippen molar-refractivity contribution in [1.82, 2.24) is 19.8 Å². The molecule has 0 spiro atoms. The second kappa shape index (κ2) is 6.37. The van der Waals surface area contributed by atoms with Crippen LogP contribution in [0.4, 0.5) is 0 Å². The summed E-state index contributed by atoms with van der Waals surface area (Å²) in [6.07, 6.45) is 2.91. The van der Waals surface area contributed by atoms with E-state index in [2.05, 4.69) is 9.97 Å². The summed E-state index contributed by atoms with van der Waals surface area (Å²) in [5.74, 6) is -0.141. The Morgan fingerprint density at radius 3 is 2.91 bits per heavy atom. The lowest BCUT2D eigenvalue weighted by molar-refractivity contribution is -0.153. The van der Waals surface area contributed by atoms with Crippen LogP contribution in [0.25, 0.3) is 0 Å². The van der Waals surface area contributed by atoms with Gasteiger partial charge in [0.1, 0.15) is 6.61 Å². The molecule has 0 N–H and O–H groups in total. The van der Waals surface area contributed by atoms with Gasteiger partial charge in [-0.15, -0.1) is 0 Å². The molecule has 1 aromatic rings. The highest BCUT2D eigenvalue weighted by molar-refractivity contribution is 5.91. The van der Waals surface area contributed by atoms with Crippen molar-refractivity contribution in [3.63, 3.8) is 0 Å². The molecule has 0 bridgehead atoms. The van der Waals surface area contributed by atoms with E-state index in [0.29, 0.717) is 26.2 Å². The molecule has 2 aliphatic heterocycles. The number of fused-ring (bicyclic) bond motifs is 1. The monoisotopic (exact) mass is 306 g/mol. The number of carbonyl (C=O) groups excluding carboxylic acids is 2. The summed E-state index contributed by atoms with van der Waals surface area (Å²) in [5.41, 5.74) is 0. The maximum atomic E-state index is 12.4. The fraction of sp³-hybridized carbons (Fsp3) is 0.571. The van der Waals surface area contributed by atoms with Crippen LogP contribution < -0.4 is 0 Å². The van der Waals surface area contributed by atoms with Gasteiger partial charge in [0.2, 0.25) is 11.7 Å². The van der Waals surface area contributed by atoms with Gasteiger partial charge in [0.25, 0.3) is 5.91 Å². The number of likely N-dealkylation sites (tertiary alicyclic amines) is 1. The smallest absolute Gasteiger partial charge is 0.291 e. The van der Waals surface area contributed by atoms with Crippen LogP contribution in [0.1, 0.15) is 10.6 Å². The van der Waals surface area contributed by atoms with Crippen LogP contribution in [0.15, 0.2) is 18.5 Å². The minimum atomic E-state index is -0.238. The standard InChI is InChI=1S/C14H18N4O4/c1-21-6-5-18-10-7-17(8-11(10)22-9-12(18)19)14(20)13-15-3-2-4-16-13/h2-4,10-11H,5-9H2,1H3/t10-,11-/m0/s1. The SMILES string of the molecule is COCCN1C(=O)CO[C@H]2CN(C(=O)c3ncccn3)C[C@@H]21. The predicted molar refractivity (Wildman–Crippen MR) is 75.1 cm³/mol. The van der Waals surface area contributed by atoms with Crippen LogP contribution in [-0.2, 0) is 14.3 Å². The first-order valence-electron chi connectivity index (χ1n) is 7.17. The predicted octanol–water partition coefficient (Wildman–Crippen LogP) is -0.825. The molecule has 2 atom stereocenters. The van der Waals surface area contributed by atoms with Gasteiger partial charge in [-0.3, -0.25) is 9.59 Å². The van der Waals surface area contributed by atoms with Gasteiger partial charge in [0.15, 0.2) is 0 Å². The fourth-order valence-electron chi connectivity index (χ4n) is 2.86. The molecule has 1 aromatic heterocycles. The first-order valence-corrected chi connectivity index (χ1v) is 7.17. The molecule has 0 aliphatic carbocycles. The molecule has 2 amide bonds. The van der Waals surface area contributed by atoms with Crippen LogP contribution in [0.3, 0.4) is 0 Å². The number of nitrogens with zero attached hydrogens (tertiary/aromatic N) is 4. The van der Waals surface area contributed by atoms with E-state index in [1.807, 2.05) is 0 Å². The lowest BCUT2D eigenvalue weighted by atomic mass is 10.1. The van der Waals surface area contributed by atoms with E-state index < -0.39 is 0 Å². The second-order valence-corrected chi connectivity index (χ2v) is 5.28. The summed E-state index contributed by atoms with van der Waals surface area (Å²) in [5, 5.41) is 0. The summed E-state index contributed by atoms with van der Waals surface area (Å²) in [4.78, 5) is 35.8. The Balaban J connectivity index is 1.72. The molecule has 3 rings (SSSR count). The summed E-state index contributed by atoms with van der Waals surface area (Å²) >= 11 is 0. The quantitative estimate of drug-likeness (QED) is 0.722. The highest BCUT2D eigenvalue weighted by Gasteiger charge is 2.44. The van der Waals surface area contributed by atoms with E-state index in [4.69, 9.17) is 9.47 Å². The molecule has 2 aliphatic rings. The zero-order valence-electron chi connectivity index (χ0n) is 12.3. The number of hydrogen-bond acceptors (Lipinski definition) is 6. The van der Waals surface area contributed by atoms with Crippen LogP contribution in [-0.4, -0.2) is 83.7 Å². The second-order valence-electron chi connectivity index (χ2n) is 5.28. The Morgan fingerprint density at radius 2 is 2.18 bits per heavy atom. The highest BCUT2D eigenvalue weighted by atomic mass is 16.5. The summed E-state index contributed by atoms with van der Waals surface area (Å²) in [6.45, 7) is 1.89. The Bertz CT molecular complexity index is 553. The third-order valence-electron chi connectivity index (χ3n) is 3.96. The van der Waals surface area contributed by atoms with Crippen molar-refractivity contribution in [2.24, 2.45) is 0 Å². The minimum Gasteiger partial charge on any atom is -0.383 e. The zero-order valence-corrected chi connectivity index (χ0v) is 12.3. The molecule has 118 valence electrons. The van der Waals surface area contributed by atoms with Gasteiger partial charge in [0.05, 0.1) is 18.8 Å². The van der Waals surface area contributed by atoms with Crippen molar-refractivity contribution >= 4 is 11.8 Å². The number of rotatable bonds is 4. The van der Waals surface area contributed by atoms with Gasteiger partial charge in [-0.1, -0.05) is 0 Å². The molecular formula is C14H18N4O4. The van der Waals surface area contributed by atoms with Gasteiger partial charge in [-0.25, -0.2) is 9.97 Å². The topological polar surface area (TPSA) is 84.9 Å². The number of amides is 2. The number of morpholine rings is 1. The fourth-order valence-corrected chi connectivity index (χ4v) is 2.86. The molecule has 2 saturated heterocycles. The Kier molecular flexibility index (Phi) is 4.30. The average Bonchev–Trinajstić information content (AvgIpc) is 2.98. The van der Waals surface area contributed by atoms with E-state index >= 15 is 0 Å². The zero-order chi connectivity index (χ0) is 15.5. The first-order chi connectivity index (χ1) is 10.7. The van der Waals surface area contributed by atoms with Crippen molar-refractivity contribution in [2.75, 3.05) is 40.0 Å². The highest BCUT2D eigenvalue weighted by Crippen LogP contribution is 2.24. The van der Waals surface area contributed by atoms with Crippen molar-refractivity contribution in [1.29, 1.82) is 0 Å². The van der Waals surface area contributed by atoms with Gasteiger partial charge in [-0.05, 0) is 6.07 Å². The third-order valence-corrected chi connectivity index (χ3v) is 3.96. The molecule has 8 heteroatoms. The number of ether oxygens (including phenoxy) is 2. The number of carbonyl (C=O) groups is 2. The Morgan fingerprint density at radius 1 is 1.41 bits per heavy atom.